The molecule has 0 saturated carbocycles. The summed E-state index contributed by atoms with van der Waals surface area (Å²) in [5, 5.41) is 13.1. The maximum absolute atomic E-state index is 4.49. The van der Waals surface area contributed by atoms with E-state index in [1.807, 2.05) is 28.7 Å². The van der Waals surface area contributed by atoms with Crippen molar-refractivity contribution >= 4 is 11.8 Å². The topological polar surface area (TPSA) is 51.8 Å². The molecule has 0 aromatic carbocycles. The van der Waals surface area contributed by atoms with Crippen LogP contribution in [0.3, 0.4) is 0 Å². The molecule has 0 radical (unpaired) electrons. The van der Waals surface area contributed by atoms with E-state index in [4.69, 9.17) is 0 Å². The van der Waals surface area contributed by atoms with Crippen molar-refractivity contribution in [3.63, 3.8) is 0 Å². The third-order valence-electron chi connectivity index (χ3n) is 4.55. The first-order valence-corrected chi connectivity index (χ1v) is 9.74. The Balaban J connectivity index is 1.63. The third kappa shape index (κ3) is 4.14. The van der Waals surface area contributed by atoms with Crippen molar-refractivity contribution in [2.24, 2.45) is 7.05 Å². The average molecular weight is 334 g/mol. The molecular formula is C16H26N6S. The zero-order valence-corrected chi connectivity index (χ0v) is 14.9. The lowest BCUT2D eigenvalue weighted by Gasteiger charge is -2.32. The molecule has 0 aliphatic carbocycles. The van der Waals surface area contributed by atoms with E-state index in [0.717, 1.165) is 18.2 Å². The molecule has 0 spiro atoms. The van der Waals surface area contributed by atoms with Gasteiger partial charge in [0.15, 0.2) is 5.82 Å². The van der Waals surface area contributed by atoms with E-state index in [1.165, 1.54) is 38.1 Å². The van der Waals surface area contributed by atoms with Gasteiger partial charge in [-0.3, -0.25) is 4.68 Å². The Bertz CT molecular complexity index is 594. The van der Waals surface area contributed by atoms with Crippen LogP contribution in [0.2, 0.25) is 0 Å². The van der Waals surface area contributed by atoms with Gasteiger partial charge in [0.25, 0.3) is 0 Å². The summed E-state index contributed by atoms with van der Waals surface area (Å²) in [6, 6.07) is 1.94. The molecule has 2 aromatic rings. The molecule has 1 fully saturated rings. The fraction of sp³-hybridized carbons (Fsp3) is 0.688. The minimum absolute atomic E-state index is 0.502. The minimum Gasteiger partial charge on any atom is -0.316 e. The average Bonchev–Trinajstić information content (AvgIpc) is 3.19. The van der Waals surface area contributed by atoms with Gasteiger partial charge < -0.3 is 9.47 Å². The van der Waals surface area contributed by atoms with Crippen LogP contribution in [0.5, 0.6) is 0 Å². The van der Waals surface area contributed by atoms with Crippen LogP contribution < -0.4 is 0 Å². The second-order valence-electron chi connectivity index (χ2n) is 6.22. The van der Waals surface area contributed by atoms with Crippen LogP contribution in [0.25, 0.3) is 0 Å². The number of likely N-dealkylation sites (tertiary alicyclic amines) is 1. The van der Waals surface area contributed by atoms with Crippen LogP contribution in [-0.2, 0) is 13.6 Å². The van der Waals surface area contributed by atoms with Crippen molar-refractivity contribution < 1.29 is 0 Å². The van der Waals surface area contributed by atoms with E-state index < -0.39 is 0 Å². The SMILES string of the molecule is CSCCCN1CCCC(c2nnc(Cn3cccn3)n2C)C1. The van der Waals surface area contributed by atoms with E-state index in [0.29, 0.717) is 12.5 Å². The van der Waals surface area contributed by atoms with E-state index in [1.54, 1.807) is 6.20 Å². The summed E-state index contributed by atoms with van der Waals surface area (Å²) in [6.45, 7) is 4.22. The van der Waals surface area contributed by atoms with Gasteiger partial charge in [-0.25, -0.2) is 0 Å². The Morgan fingerprint density at radius 3 is 3.04 bits per heavy atom. The van der Waals surface area contributed by atoms with Crippen molar-refractivity contribution in [1.29, 1.82) is 0 Å². The molecule has 6 nitrogen and oxygen atoms in total. The molecule has 3 heterocycles. The van der Waals surface area contributed by atoms with Crippen LogP contribution in [-0.4, -0.2) is 61.1 Å². The summed E-state index contributed by atoms with van der Waals surface area (Å²) < 4.78 is 4.06. The first-order valence-electron chi connectivity index (χ1n) is 8.35. The van der Waals surface area contributed by atoms with Gasteiger partial charge in [-0.05, 0) is 50.4 Å². The molecule has 1 aliphatic rings. The highest BCUT2D eigenvalue weighted by atomic mass is 32.2. The molecule has 1 aliphatic heterocycles. The summed E-state index contributed by atoms with van der Waals surface area (Å²) in [7, 11) is 2.08. The molecule has 0 amide bonds. The van der Waals surface area contributed by atoms with Gasteiger partial charge in [-0.2, -0.15) is 16.9 Å². The normalized spacial score (nSPS) is 19.3. The zero-order valence-electron chi connectivity index (χ0n) is 14.1. The summed E-state index contributed by atoms with van der Waals surface area (Å²) in [6.07, 6.45) is 9.68. The molecular weight excluding hydrogens is 308 g/mol. The van der Waals surface area contributed by atoms with E-state index in [2.05, 4.69) is 38.1 Å². The van der Waals surface area contributed by atoms with Crippen molar-refractivity contribution in [3.8, 4) is 0 Å². The van der Waals surface area contributed by atoms with E-state index >= 15 is 0 Å². The molecule has 2 aromatic heterocycles. The van der Waals surface area contributed by atoms with Crippen molar-refractivity contribution in [2.75, 3.05) is 31.6 Å². The number of thioether (sulfide) groups is 1. The number of hydrogen-bond donors (Lipinski definition) is 0. The quantitative estimate of drug-likeness (QED) is 0.725. The number of piperidine rings is 1. The van der Waals surface area contributed by atoms with Crippen LogP contribution in [0.15, 0.2) is 18.5 Å². The van der Waals surface area contributed by atoms with Gasteiger partial charge in [-0.1, -0.05) is 0 Å². The highest BCUT2D eigenvalue weighted by Gasteiger charge is 2.25. The maximum Gasteiger partial charge on any atom is 0.154 e. The molecule has 1 atom stereocenters. The Kier molecular flexibility index (Phi) is 5.72. The second kappa shape index (κ2) is 7.97. The Morgan fingerprint density at radius 2 is 2.26 bits per heavy atom. The van der Waals surface area contributed by atoms with Gasteiger partial charge in [0.1, 0.15) is 12.4 Å². The fourth-order valence-electron chi connectivity index (χ4n) is 3.31. The van der Waals surface area contributed by atoms with Crippen LogP contribution >= 0.6 is 11.8 Å². The van der Waals surface area contributed by atoms with Gasteiger partial charge in [-0.15, -0.1) is 10.2 Å². The summed E-state index contributed by atoms with van der Waals surface area (Å²) in [5.41, 5.74) is 0. The predicted octanol–water partition coefficient (Wildman–Crippen LogP) is 1.99. The number of nitrogens with zero attached hydrogens (tertiary/aromatic N) is 6. The van der Waals surface area contributed by atoms with Crippen molar-refractivity contribution in [2.45, 2.75) is 31.7 Å². The van der Waals surface area contributed by atoms with E-state index in [9.17, 15) is 0 Å². The molecule has 7 heteroatoms. The Hall–Kier alpha value is -1.34. The lowest BCUT2D eigenvalue weighted by atomic mass is 9.97. The standard InChI is InChI=1S/C16H26N6S/c1-20-15(13-22-10-4-7-17-22)18-19-16(20)14-6-3-8-21(12-14)9-5-11-23-2/h4,7,10,14H,3,5-6,8-9,11-13H2,1-2H3. The first kappa shape index (κ1) is 16.5. The second-order valence-corrected chi connectivity index (χ2v) is 7.21. The van der Waals surface area contributed by atoms with Crippen LogP contribution in [0, 0.1) is 0 Å². The number of rotatable bonds is 7. The van der Waals surface area contributed by atoms with Crippen LogP contribution in [0.1, 0.15) is 36.8 Å². The number of hydrogen-bond acceptors (Lipinski definition) is 5. The first-order chi connectivity index (χ1) is 11.3. The smallest absolute Gasteiger partial charge is 0.154 e. The molecule has 3 rings (SSSR count). The fourth-order valence-corrected chi connectivity index (χ4v) is 3.73. The van der Waals surface area contributed by atoms with E-state index in [-0.39, 0.29) is 0 Å². The van der Waals surface area contributed by atoms with Gasteiger partial charge in [0, 0.05) is 31.9 Å². The lowest BCUT2D eigenvalue weighted by Crippen LogP contribution is -2.36. The number of aromatic nitrogens is 5. The maximum atomic E-state index is 4.49. The third-order valence-corrected chi connectivity index (χ3v) is 5.25. The molecule has 0 N–H and O–H groups in total. The molecule has 23 heavy (non-hydrogen) atoms. The van der Waals surface area contributed by atoms with Gasteiger partial charge in [0.2, 0.25) is 0 Å². The Morgan fingerprint density at radius 1 is 1.35 bits per heavy atom. The molecule has 126 valence electrons. The molecule has 1 saturated heterocycles. The van der Waals surface area contributed by atoms with Gasteiger partial charge >= 0.3 is 0 Å². The van der Waals surface area contributed by atoms with Crippen molar-refractivity contribution in [3.05, 3.63) is 30.1 Å². The predicted molar refractivity (Wildman–Crippen MR) is 93.7 cm³/mol. The lowest BCUT2D eigenvalue weighted by molar-refractivity contribution is 0.203. The summed E-state index contributed by atoms with van der Waals surface area (Å²) in [4.78, 5) is 2.59. The van der Waals surface area contributed by atoms with Crippen LogP contribution in [0.4, 0.5) is 0 Å². The summed E-state index contributed by atoms with van der Waals surface area (Å²) >= 11 is 1.93. The largest absolute Gasteiger partial charge is 0.316 e. The molecule has 1 unspecified atom stereocenters. The zero-order chi connectivity index (χ0) is 16.1. The van der Waals surface area contributed by atoms with Gasteiger partial charge in [0.05, 0.1) is 0 Å². The highest BCUT2D eigenvalue weighted by molar-refractivity contribution is 7.98. The monoisotopic (exact) mass is 334 g/mol. The highest BCUT2D eigenvalue weighted by Crippen LogP contribution is 2.26. The molecule has 0 bridgehead atoms. The van der Waals surface area contributed by atoms with Crippen molar-refractivity contribution in [1.82, 2.24) is 29.4 Å². The minimum atomic E-state index is 0.502. The Labute approximate surface area is 142 Å². The summed E-state index contributed by atoms with van der Waals surface area (Å²) in [5.74, 6) is 3.85.